The van der Waals surface area contributed by atoms with Crippen molar-refractivity contribution in [2.45, 2.75) is 52.9 Å². The van der Waals surface area contributed by atoms with Crippen LogP contribution in [0.1, 0.15) is 52.9 Å². The lowest BCUT2D eigenvalue weighted by atomic mass is 9.70. The molecule has 3 atom stereocenters. The Balaban J connectivity index is 2.47. The minimum atomic E-state index is 0.820. The Morgan fingerprint density at radius 3 is 2.43 bits per heavy atom. The van der Waals surface area contributed by atoms with Crippen molar-refractivity contribution < 1.29 is 0 Å². The van der Waals surface area contributed by atoms with E-state index in [1.165, 1.54) is 32.1 Å². The first-order chi connectivity index (χ1) is 6.67. The van der Waals surface area contributed by atoms with Crippen LogP contribution in [0, 0.1) is 23.7 Å². The van der Waals surface area contributed by atoms with Crippen LogP contribution in [0.5, 0.6) is 0 Å². The van der Waals surface area contributed by atoms with Crippen molar-refractivity contribution in [1.82, 2.24) is 0 Å². The summed E-state index contributed by atoms with van der Waals surface area (Å²) in [6.07, 6.45) is 7.00. The fourth-order valence-electron chi connectivity index (χ4n) is 3.00. The summed E-state index contributed by atoms with van der Waals surface area (Å²) in [4.78, 5) is 0. The van der Waals surface area contributed by atoms with Gasteiger partial charge >= 0.3 is 0 Å². The average molecular weight is 197 g/mol. The summed E-state index contributed by atoms with van der Waals surface area (Å²) in [5.41, 5.74) is 5.86. The van der Waals surface area contributed by atoms with E-state index in [0.29, 0.717) is 0 Å². The van der Waals surface area contributed by atoms with Gasteiger partial charge in [0.2, 0.25) is 0 Å². The van der Waals surface area contributed by atoms with Crippen molar-refractivity contribution in [3.05, 3.63) is 0 Å². The largest absolute Gasteiger partial charge is 0.330 e. The number of hydrogen-bond acceptors (Lipinski definition) is 1. The molecule has 1 aliphatic carbocycles. The highest BCUT2D eigenvalue weighted by molar-refractivity contribution is 4.80. The van der Waals surface area contributed by atoms with Crippen LogP contribution in [0.15, 0.2) is 0 Å². The fourth-order valence-corrected chi connectivity index (χ4v) is 3.00. The lowest BCUT2D eigenvalue weighted by Crippen LogP contribution is -2.31. The maximum atomic E-state index is 5.86. The highest BCUT2D eigenvalue weighted by atomic mass is 14.6. The van der Waals surface area contributed by atoms with Gasteiger partial charge in [-0.05, 0) is 49.5 Å². The van der Waals surface area contributed by atoms with E-state index in [4.69, 9.17) is 5.73 Å². The molecule has 0 spiro atoms. The molecule has 0 aliphatic heterocycles. The van der Waals surface area contributed by atoms with Crippen LogP contribution in [-0.2, 0) is 0 Å². The second kappa shape index (κ2) is 5.75. The van der Waals surface area contributed by atoms with Gasteiger partial charge in [0, 0.05) is 0 Å². The predicted octanol–water partition coefficient (Wildman–Crippen LogP) is 3.43. The number of nitrogens with two attached hydrogens (primary N) is 1. The molecule has 14 heavy (non-hydrogen) atoms. The van der Waals surface area contributed by atoms with Crippen LogP contribution >= 0.6 is 0 Å². The van der Waals surface area contributed by atoms with Crippen LogP contribution in [0.2, 0.25) is 0 Å². The molecule has 2 N–H and O–H groups in total. The zero-order valence-corrected chi connectivity index (χ0v) is 10.1. The second-order valence-corrected chi connectivity index (χ2v) is 5.47. The molecule has 1 aliphatic rings. The van der Waals surface area contributed by atoms with E-state index in [0.717, 1.165) is 30.2 Å². The standard InChI is InChI=1S/C13H27N/c1-4-11-5-6-12(9-14)13(8-11)7-10(2)3/h10-13H,4-9,14H2,1-3H3. The average Bonchev–Trinajstić information content (AvgIpc) is 2.16. The fraction of sp³-hybridized carbons (Fsp3) is 1.00. The molecule has 3 unspecified atom stereocenters. The summed E-state index contributed by atoms with van der Waals surface area (Å²) in [5, 5.41) is 0. The van der Waals surface area contributed by atoms with E-state index in [9.17, 15) is 0 Å². The molecule has 0 aromatic rings. The molecule has 0 aromatic heterocycles. The second-order valence-electron chi connectivity index (χ2n) is 5.47. The van der Waals surface area contributed by atoms with Crippen molar-refractivity contribution in [3.8, 4) is 0 Å². The SMILES string of the molecule is CCC1CCC(CN)C(CC(C)C)C1. The summed E-state index contributed by atoms with van der Waals surface area (Å²) < 4.78 is 0. The Bertz CT molecular complexity index is 153. The lowest BCUT2D eigenvalue weighted by Gasteiger charge is -2.36. The first-order valence-corrected chi connectivity index (χ1v) is 6.37. The van der Waals surface area contributed by atoms with Gasteiger partial charge in [-0.3, -0.25) is 0 Å². The van der Waals surface area contributed by atoms with Gasteiger partial charge < -0.3 is 5.73 Å². The molecule has 0 radical (unpaired) electrons. The molecule has 0 amide bonds. The summed E-state index contributed by atoms with van der Waals surface area (Å²) in [5.74, 6) is 3.56. The molecule has 1 nitrogen and oxygen atoms in total. The van der Waals surface area contributed by atoms with Gasteiger partial charge in [0.1, 0.15) is 0 Å². The summed E-state index contributed by atoms with van der Waals surface area (Å²) in [7, 11) is 0. The van der Waals surface area contributed by atoms with Gasteiger partial charge in [-0.2, -0.15) is 0 Å². The van der Waals surface area contributed by atoms with Crippen LogP contribution in [0.3, 0.4) is 0 Å². The zero-order chi connectivity index (χ0) is 10.6. The lowest BCUT2D eigenvalue weighted by molar-refractivity contribution is 0.157. The van der Waals surface area contributed by atoms with Crippen LogP contribution in [-0.4, -0.2) is 6.54 Å². The number of rotatable bonds is 4. The van der Waals surface area contributed by atoms with Gasteiger partial charge in [0.25, 0.3) is 0 Å². The van der Waals surface area contributed by atoms with Crippen molar-refractivity contribution in [2.75, 3.05) is 6.54 Å². The summed E-state index contributed by atoms with van der Waals surface area (Å²) in [6.45, 7) is 7.92. The van der Waals surface area contributed by atoms with E-state index in [-0.39, 0.29) is 0 Å². The van der Waals surface area contributed by atoms with Gasteiger partial charge in [0.05, 0.1) is 0 Å². The smallest absolute Gasteiger partial charge is 0.00462 e. The van der Waals surface area contributed by atoms with E-state index in [1.54, 1.807) is 0 Å². The Labute approximate surface area is 89.5 Å². The molecule has 1 fully saturated rings. The van der Waals surface area contributed by atoms with Crippen LogP contribution in [0.4, 0.5) is 0 Å². The van der Waals surface area contributed by atoms with E-state index >= 15 is 0 Å². The van der Waals surface area contributed by atoms with Gasteiger partial charge in [-0.1, -0.05) is 33.6 Å². The quantitative estimate of drug-likeness (QED) is 0.734. The molecule has 0 saturated heterocycles. The predicted molar refractivity (Wildman–Crippen MR) is 63.1 cm³/mol. The number of hydrogen-bond donors (Lipinski definition) is 1. The van der Waals surface area contributed by atoms with E-state index in [2.05, 4.69) is 20.8 Å². The zero-order valence-electron chi connectivity index (χ0n) is 10.1. The molecule has 0 heterocycles. The van der Waals surface area contributed by atoms with Crippen molar-refractivity contribution in [1.29, 1.82) is 0 Å². The normalized spacial score (nSPS) is 33.6. The highest BCUT2D eigenvalue weighted by Gasteiger charge is 2.28. The van der Waals surface area contributed by atoms with E-state index < -0.39 is 0 Å². The maximum Gasteiger partial charge on any atom is -0.00462 e. The third kappa shape index (κ3) is 3.27. The molecular weight excluding hydrogens is 170 g/mol. The summed E-state index contributed by atoms with van der Waals surface area (Å²) >= 11 is 0. The highest BCUT2D eigenvalue weighted by Crippen LogP contribution is 2.38. The maximum absolute atomic E-state index is 5.86. The molecule has 1 heteroatoms. The molecule has 84 valence electrons. The molecule has 0 aromatic carbocycles. The van der Waals surface area contributed by atoms with Gasteiger partial charge in [-0.15, -0.1) is 0 Å². The minimum Gasteiger partial charge on any atom is -0.330 e. The van der Waals surface area contributed by atoms with Gasteiger partial charge in [-0.25, -0.2) is 0 Å². The van der Waals surface area contributed by atoms with Gasteiger partial charge in [0.15, 0.2) is 0 Å². The topological polar surface area (TPSA) is 26.0 Å². The van der Waals surface area contributed by atoms with Crippen molar-refractivity contribution in [2.24, 2.45) is 29.4 Å². The van der Waals surface area contributed by atoms with E-state index in [1.807, 2.05) is 0 Å². The molecule has 0 bridgehead atoms. The Hall–Kier alpha value is -0.0400. The van der Waals surface area contributed by atoms with Crippen molar-refractivity contribution >= 4 is 0 Å². The molecule has 1 rings (SSSR count). The third-order valence-corrected chi connectivity index (χ3v) is 3.90. The van der Waals surface area contributed by atoms with Crippen LogP contribution in [0.25, 0.3) is 0 Å². The third-order valence-electron chi connectivity index (χ3n) is 3.90. The van der Waals surface area contributed by atoms with Crippen molar-refractivity contribution in [3.63, 3.8) is 0 Å². The monoisotopic (exact) mass is 197 g/mol. The summed E-state index contributed by atoms with van der Waals surface area (Å²) in [6, 6.07) is 0. The Morgan fingerprint density at radius 2 is 1.93 bits per heavy atom. The Kier molecular flexibility index (Phi) is 4.94. The first kappa shape index (κ1) is 12.0. The first-order valence-electron chi connectivity index (χ1n) is 6.37. The molecule has 1 saturated carbocycles. The molecular formula is C13H27N. The Morgan fingerprint density at radius 1 is 1.21 bits per heavy atom. The van der Waals surface area contributed by atoms with Crippen LogP contribution < -0.4 is 5.73 Å². The minimum absolute atomic E-state index is 0.820.